The molecule has 1 aliphatic heterocycles. The van der Waals surface area contributed by atoms with Gasteiger partial charge in [-0.25, -0.2) is 0 Å². The zero-order chi connectivity index (χ0) is 30.1. The fraction of sp³-hybridized carbons (Fsp3) is 0.278. The molecule has 1 atom stereocenters. The van der Waals surface area contributed by atoms with E-state index in [2.05, 4.69) is 58.9 Å². The van der Waals surface area contributed by atoms with Crippen LogP contribution in [0.1, 0.15) is 54.4 Å². The highest BCUT2D eigenvalue weighted by molar-refractivity contribution is 8.00. The Hall–Kier alpha value is -3.74. The van der Waals surface area contributed by atoms with E-state index in [-0.39, 0.29) is 0 Å². The lowest BCUT2D eigenvalue weighted by Crippen LogP contribution is -2.28. The summed E-state index contributed by atoms with van der Waals surface area (Å²) >= 11 is 8.01. The Morgan fingerprint density at radius 1 is 1.02 bits per heavy atom. The maximum Gasteiger partial charge on any atom is 0.309 e. The van der Waals surface area contributed by atoms with Gasteiger partial charge in [0.2, 0.25) is 0 Å². The van der Waals surface area contributed by atoms with E-state index in [1.54, 1.807) is 13.8 Å². The molecule has 0 saturated heterocycles. The molecule has 5 aromatic rings. The number of carboxylic acids is 1. The molecule has 0 spiro atoms. The summed E-state index contributed by atoms with van der Waals surface area (Å²) in [5, 5.41) is 12.2. The van der Waals surface area contributed by atoms with Crippen molar-refractivity contribution in [3.05, 3.63) is 124 Å². The minimum absolute atomic E-state index is 0.328. The number of carbonyl (C=O) groups is 1. The predicted octanol–water partition coefficient (Wildman–Crippen LogP) is 8.60. The van der Waals surface area contributed by atoms with Gasteiger partial charge in [0, 0.05) is 51.0 Å². The zero-order valence-corrected chi connectivity index (χ0v) is 26.2. The smallest absolute Gasteiger partial charge is 0.309 e. The summed E-state index contributed by atoms with van der Waals surface area (Å²) in [5.74, 6) is 0.0622. The number of aliphatic carboxylic acids is 1. The molecular weight excluding hydrogens is 576 g/mol. The van der Waals surface area contributed by atoms with Crippen LogP contribution in [0.5, 0.6) is 5.75 Å². The van der Waals surface area contributed by atoms with Gasteiger partial charge >= 0.3 is 5.97 Å². The molecule has 0 aliphatic carbocycles. The third-order valence-corrected chi connectivity index (χ3v) is 9.62. The third kappa shape index (κ3) is 6.31. The van der Waals surface area contributed by atoms with Crippen LogP contribution in [0.25, 0.3) is 10.9 Å². The van der Waals surface area contributed by atoms with Gasteiger partial charge in [-0.1, -0.05) is 67.1 Å². The van der Waals surface area contributed by atoms with Crippen LogP contribution in [0.3, 0.4) is 0 Å². The van der Waals surface area contributed by atoms with Gasteiger partial charge in [-0.15, -0.1) is 11.8 Å². The summed E-state index contributed by atoms with van der Waals surface area (Å²) in [7, 11) is 0. The van der Waals surface area contributed by atoms with Gasteiger partial charge in [0.1, 0.15) is 12.4 Å². The van der Waals surface area contributed by atoms with Crippen molar-refractivity contribution >= 4 is 40.2 Å². The van der Waals surface area contributed by atoms with Crippen molar-refractivity contribution in [2.45, 2.75) is 63.3 Å². The lowest BCUT2D eigenvalue weighted by atomic mass is 9.87. The van der Waals surface area contributed by atoms with E-state index in [4.69, 9.17) is 16.3 Å². The van der Waals surface area contributed by atoms with Crippen molar-refractivity contribution in [2.24, 2.45) is 5.41 Å². The standard InChI is InChI=1S/C36H35ClN2O3S/c1-23-17-29-32(42-22-28-14-11-26(20-38-28)18-24-7-5-4-6-8-24)16-15-30-33(29)34(43-23)31(19-36(2,3)35(40)41)39(30)21-25-9-12-27(37)13-10-25/h4-16,20,23H,17-19,21-22H2,1-3H3,(H,40,41). The lowest BCUT2D eigenvalue weighted by molar-refractivity contribution is -0.146. The number of rotatable bonds is 10. The number of thioether (sulfide) groups is 1. The van der Waals surface area contributed by atoms with E-state index in [1.165, 1.54) is 27.0 Å². The monoisotopic (exact) mass is 610 g/mol. The van der Waals surface area contributed by atoms with Crippen LogP contribution in [-0.2, 0) is 37.2 Å². The second-order valence-electron chi connectivity index (χ2n) is 12.0. The van der Waals surface area contributed by atoms with Crippen molar-refractivity contribution in [2.75, 3.05) is 0 Å². The van der Waals surface area contributed by atoms with Crippen LogP contribution in [0.2, 0.25) is 5.02 Å². The number of carboxylic acid groups (broad SMARTS) is 1. The SMILES string of the molecule is CC1Cc2c(OCc3ccc(Cc4ccccc4)cn3)ccc3c2c(c(CC(C)(C)C(=O)O)n3Cc2ccc(Cl)cc2)S1. The van der Waals surface area contributed by atoms with Crippen LogP contribution in [0, 0.1) is 5.41 Å². The molecule has 0 amide bonds. The summed E-state index contributed by atoms with van der Waals surface area (Å²) in [4.78, 5) is 18.1. The van der Waals surface area contributed by atoms with Crippen LogP contribution in [0.4, 0.5) is 0 Å². The Kier molecular flexibility index (Phi) is 8.25. The van der Waals surface area contributed by atoms with Crippen molar-refractivity contribution in [3.63, 3.8) is 0 Å². The van der Waals surface area contributed by atoms with Crippen molar-refractivity contribution in [3.8, 4) is 5.75 Å². The first kappa shape index (κ1) is 29.3. The predicted molar refractivity (Wildman–Crippen MR) is 174 cm³/mol. The summed E-state index contributed by atoms with van der Waals surface area (Å²) < 4.78 is 8.74. The summed E-state index contributed by atoms with van der Waals surface area (Å²) in [5.41, 5.74) is 6.85. The molecule has 43 heavy (non-hydrogen) atoms. The highest BCUT2D eigenvalue weighted by Crippen LogP contribution is 2.48. The third-order valence-electron chi connectivity index (χ3n) is 8.12. The molecule has 7 heteroatoms. The largest absolute Gasteiger partial charge is 0.487 e. The minimum atomic E-state index is -0.915. The molecular formula is C36H35ClN2O3S. The van der Waals surface area contributed by atoms with Crippen LogP contribution in [0.15, 0.2) is 90.0 Å². The number of nitrogens with zero attached hydrogens (tertiary/aromatic N) is 2. The topological polar surface area (TPSA) is 64.3 Å². The van der Waals surface area contributed by atoms with E-state index in [1.807, 2.05) is 54.4 Å². The Morgan fingerprint density at radius 3 is 2.47 bits per heavy atom. The molecule has 0 radical (unpaired) electrons. The molecule has 0 bridgehead atoms. The van der Waals surface area contributed by atoms with Gasteiger partial charge in [0.05, 0.1) is 16.6 Å². The molecule has 5 nitrogen and oxygen atoms in total. The minimum Gasteiger partial charge on any atom is -0.487 e. The Labute approximate surface area is 261 Å². The van der Waals surface area contributed by atoms with Crippen molar-refractivity contribution in [1.29, 1.82) is 0 Å². The first-order chi connectivity index (χ1) is 20.7. The van der Waals surface area contributed by atoms with Crippen molar-refractivity contribution in [1.82, 2.24) is 9.55 Å². The number of halogens is 1. The highest BCUT2D eigenvalue weighted by Gasteiger charge is 2.34. The quantitative estimate of drug-likeness (QED) is 0.171. The maximum absolute atomic E-state index is 12.2. The summed E-state index contributed by atoms with van der Waals surface area (Å²) in [6.45, 7) is 6.84. The van der Waals surface area contributed by atoms with E-state index in [9.17, 15) is 9.90 Å². The first-order valence-corrected chi connectivity index (χ1v) is 15.9. The normalized spacial score (nSPS) is 14.7. The first-order valence-electron chi connectivity index (χ1n) is 14.6. The van der Waals surface area contributed by atoms with Crippen LogP contribution in [-0.4, -0.2) is 25.9 Å². The molecule has 1 aliphatic rings. The van der Waals surface area contributed by atoms with Crippen LogP contribution >= 0.6 is 23.4 Å². The van der Waals surface area contributed by atoms with E-state index in [0.29, 0.717) is 29.8 Å². The molecule has 1 N–H and O–H groups in total. The van der Waals surface area contributed by atoms with Gasteiger partial charge in [0.15, 0.2) is 0 Å². The summed E-state index contributed by atoms with van der Waals surface area (Å²) in [6, 6.07) is 26.6. The highest BCUT2D eigenvalue weighted by atomic mass is 35.5. The Morgan fingerprint density at radius 2 is 1.77 bits per heavy atom. The second-order valence-corrected chi connectivity index (χ2v) is 13.9. The maximum atomic E-state index is 12.2. The average Bonchev–Trinajstić information content (AvgIpc) is 3.26. The molecule has 3 heterocycles. The fourth-order valence-electron chi connectivity index (χ4n) is 5.75. The molecule has 0 fully saturated rings. The number of pyridine rings is 1. The fourth-order valence-corrected chi connectivity index (χ4v) is 7.20. The number of ether oxygens (including phenoxy) is 1. The van der Waals surface area contributed by atoms with Gasteiger partial charge in [0.25, 0.3) is 0 Å². The van der Waals surface area contributed by atoms with Gasteiger partial charge in [-0.05, 0) is 73.7 Å². The van der Waals surface area contributed by atoms with Crippen LogP contribution < -0.4 is 4.74 Å². The van der Waals surface area contributed by atoms with E-state index in [0.717, 1.165) is 41.1 Å². The molecule has 1 unspecified atom stereocenters. The van der Waals surface area contributed by atoms with Crippen molar-refractivity contribution < 1.29 is 14.6 Å². The molecule has 6 rings (SSSR count). The number of benzene rings is 3. The number of hydrogen-bond acceptors (Lipinski definition) is 4. The Balaban J connectivity index is 1.34. The number of aromatic nitrogens is 2. The zero-order valence-electron chi connectivity index (χ0n) is 24.6. The summed E-state index contributed by atoms with van der Waals surface area (Å²) in [6.07, 6.45) is 4.08. The Bertz CT molecular complexity index is 1760. The molecule has 0 saturated carbocycles. The molecule has 2 aromatic heterocycles. The second kappa shape index (κ2) is 12.1. The van der Waals surface area contributed by atoms with E-state index < -0.39 is 11.4 Å². The lowest BCUT2D eigenvalue weighted by Gasteiger charge is -2.24. The van der Waals surface area contributed by atoms with Gasteiger partial charge in [-0.2, -0.15) is 0 Å². The van der Waals surface area contributed by atoms with E-state index >= 15 is 0 Å². The average molecular weight is 611 g/mol. The molecule has 220 valence electrons. The van der Waals surface area contributed by atoms with Gasteiger partial charge in [-0.3, -0.25) is 9.78 Å². The molecule has 3 aromatic carbocycles. The number of hydrogen-bond donors (Lipinski definition) is 1. The van der Waals surface area contributed by atoms with Gasteiger partial charge < -0.3 is 14.4 Å².